The van der Waals surface area contributed by atoms with Crippen LogP contribution >= 0.6 is 24.0 Å². The first-order valence-electron chi connectivity index (χ1n) is 7.74. The Kier molecular flexibility index (Phi) is 8.03. The number of likely N-dealkylation sites (N-methyl/N-ethyl adjacent to an activating group) is 1. The highest BCUT2D eigenvalue weighted by molar-refractivity contribution is 14.0. The molecule has 0 spiro atoms. The summed E-state index contributed by atoms with van der Waals surface area (Å²) in [7, 11) is 3.43. The minimum absolute atomic E-state index is 0. The Bertz CT molecular complexity index is 664. The third-order valence-corrected chi connectivity index (χ3v) is 3.44. The Hall–Kier alpha value is -1.77. The van der Waals surface area contributed by atoms with Gasteiger partial charge in [0.15, 0.2) is 5.96 Å². The monoisotopic (exact) mass is 444 g/mol. The summed E-state index contributed by atoms with van der Waals surface area (Å²) >= 11 is 0. The van der Waals surface area contributed by atoms with E-state index in [9.17, 15) is 4.79 Å². The SMILES string of the molecule is CCNC(=NCC(=O)N(C)C)NC(C)c1cc2ccccc2o1.I. The first kappa shape index (κ1) is 20.3. The molecular weight excluding hydrogens is 419 g/mol. The number of nitrogens with zero attached hydrogens (tertiary/aromatic N) is 2. The smallest absolute Gasteiger partial charge is 0.243 e. The molecule has 0 aliphatic carbocycles. The average molecular weight is 444 g/mol. The molecule has 24 heavy (non-hydrogen) atoms. The Balaban J connectivity index is 0.00000288. The quantitative estimate of drug-likeness (QED) is 0.423. The number of carbonyl (C=O) groups excluding carboxylic acids is 1. The second-order valence-corrected chi connectivity index (χ2v) is 5.54. The Morgan fingerprint density at radius 1 is 1.33 bits per heavy atom. The van der Waals surface area contributed by atoms with Gasteiger partial charge in [-0.3, -0.25) is 4.79 Å². The second-order valence-electron chi connectivity index (χ2n) is 5.54. The molecule has 1 aromatic carbocycles. The highest BCUT2D eigenvalue weighted by Crippen LogP contribution is 2.23. The Morgan fingerprint density at radius 3 is 2.67 bits per heavy atom. The number of amides is 1. The fourth-order valence-corrected chi connectivity index (χ4v) is 2.10. The summed E-state index contributed by atoms with van der Waals surface area (Å²) in [5.74, 6) is 1.38. The molecule has 2 rings (SSSR count). The first-order chi connectivity index (χ1) is 11.0. The number of fused-ring (bicyclic) bond motifs is 1. The summed E-state index contributed by atoms with van der Waals surface area (Å²) in [6, 6.07) is 9.85. The number of rotatable bonds is 5. The van der Waals surface area contributed by atoms with E-state index in [2.05, 4.69) is 15.6 Å². The maximum Gasteiger partial charge on any atom is 0.243 e. The lowest BCUT2D eigenvalue weighted by Crippen LogP contribution is -2.39. The van der Waals surface area contributed by atoms with E-state index in [1.54, 1.807) is 14.1 Å². The molecule has 132 valence electrons. The van der Waals surface area contributed by atoms with E-state index in [1.165, 1.54) is 4.90 Å². The number of benzene rings is 1. The van der Waals surface area contributed by atoms with Crippen molar-refractivity contribution in [2.24, 2.45) is 4.99 Å². The zero-order valence-electron chi connectivity index (χ0n) is 14.5. The van der Waals surface area contributed by atoms with Crippen molar-refractivity contribution < 1.29 is 9.21 Å². The standard InChI is InChI=1S/C17H24N4O2.HI/c1-5-18-17(19-11-16(22)21(3)4)20-12(2)15-10-13-8-6-7-9-14(13)23-15;/h6-10,12H,5,11H2,1-4H3,(H2,18,19,20);1H. The summed E-state index contributed by atoms with van der Waals surface area (Å²) in [6.07, 6.45) is 0. The van der Waals surface area contributed by atoms with Gasteiger partial charge in [0.1, 0.15) is 17.9 Å². The molecule has 2 N–H and O–H groups in total. The maximum absolute atomic E-state index is 11.7. The van der Waals surface area contributed by atoms with Crippen molar-refractivity contribution >= 4 is 46.8 Å². The number of halogens is 1. The Labute approximate surface area is 159 Å². The number of furan rings is 1. The molecule has 0 bridgehead atoms. The van der Waals surface area contributed by atoms with Crippen molar-refractivity contribution in [2.45, 2.75) is 19.9 Å². The molecule has 0 saturated heterocycles. The molecule has 0 fully saturated rings. The van der Waals surface area contributed by atoms with Crippen LogP contribution in [0.4, 0.5) is 0 Å². The van der Waals surface area contributed by atoms with Gasteiger partial charge in [-0.15, -0.1) is 24.0 Å². The molecule has 1 atom stereocenters. The number of hydrogen-bond acceptors (Lipinski definition) is 3. The zero-order valence-corrected chi connectivity index (χ0v) is 16.8. The van der Waals surface area contributed by atoms with E-state index >= 15 is 0 Å². The molecule has 0 aliphatic heterocycles. The highest BCUT2D eigenvalue weighted by Gasteiger charge is 2.13. The van der Waals surface area contributed by atoms with E-state index in [1.807, 2.05) is 44.2 Å². The average Bonchev–Trinajstić information content (AvgIpc) is 2.96. The van der Waals surface area contributed by atoms with Crippen molar-refractivity contribution in [3.05, 3.63) is 36.1 Å². The van der Waals surface area contributed by atoms with Crippen LogP contribution in [0.3, 0.4) is 0 Å². The molecule has 1 heterocycles. The van der Waals surface area contributed by atoms with Gasteiger partial charge in [0.05, 0.1) is 6.04 Å². The highest BCUT2D eigenvalue weighted by atomic mass is 127. The number of carbonyl (C=O) groups is 1. The van der Waals surface area contributed by atoms with Gasteiger partial charge in [-0.05, 0) is 26.0 Å². The molecule has 1 amide bonds. The van der Waals surface area contributed by atoms with Gasteiger partial charge in [0.2, 0.25) is 5.91 Å². The van der Waals surface area contributed by atoms with Gasteiger partial charge in [0.25, 0.3) is 0 Å². The molecule has 2 aromatic rings. The summed E-state index contributed by atoms with van der Waals surface area (Å²) in [5.41, 5.74) is 0.862. The molecule has 0 radical (unpaired) electrons. The Morgan fingerprint density at radius 2 is 2.04 bits per heavy atom. The molecule has 0 aliphatic rings. The maximum atomic E-state index is 11.7. The van der Waals surface area contributed by atoms with Crippen LogP contribution in [0.1, 0.15) is 25.6 Å². The second kappa shape index (κ2) is 9.51. The van der Waals surface area contributed by atoms with Crippen LogP contribution in [0.2, 0.25) is 0 Å². The zero-order chi connectivity index (χ0) is 16.8. The van der Waals surface area contributed by atoms with Crippen molar-refractivity contribution in [3.8, 4) is 0 Å². The number of hydrogen-bond donors (Lipinski definition) is 2. The molecular formula is C17H25IN4O2. The van der Waals surface area contributed by atoms with E-state index in [4.69, 9.17) is 4.42 Å². The lowest BCUT2D eigenvalue weighted by Gasteiger charge is -2.16. The van der Waals surface area contributed by atoms with Gasteiger partial charge in [-0.2, -0.15) is 0 Å². The van der Waals surface area contributed by atoms with Gasteiger partial charge in [-0.1, -0.05) is 18.2 Å². The van der Waals surface area contributed by atoms with E-state index in [-0.39, 0.29) is 42.5 Å². The fraction of sp³-hybridized carbons (Fsp3) is 0.412. The van der Waals surface area contributed by atoms with Gasteiger partial charge >= 0.3 is 0 Å². The molecule has 0 saturated carbocycles. The van der Waals surface area contributed by atoms with E-state index in [0.29, 0.717) is 5.96 Å². The van der Waals surface area contributed by atoms with Crippen LogP contribution in [0.25, 0.3) is 11.0 Å². The molecule has 6 nitrogen and oxygen atoms in total. The van der Waals surface area contributed by atoms with Gasteiger partial charge < -0.3 is 20.0 Å². The van der Waals surface area contributed by atoms with Crippen LogP contribution < -0.4 is 10.6 Å². The largest absolute Gasteiger partial charge is 0.459 e. The van der Waals surface area contributed by atoms with Crippen LogP contribution in [0.15, 0.2) is 39.7 Å². The molecule has 1 aromatic heterocycles. The van der Waals surface area contributed by atoms with Crippen LogP contribution in [0.5, 0.6) is 0 Å². The molecule has 1 unspecified atom stereocenters. The third-order valence-electron chi connectivity index (χ3n) is 3.44. The number of para-hydroxylation sites is 1. The minimum Gasteiger partial charge on any atom is -0.459 e. The summed E-state index contributed by atoms with van der Waals surface area (Å²) in [4.78, 5) is 17.5. The number of nitrogens with one attached hydrogen (secondary N) is 2. The first-order valence-corrected chi connectivity index (χ1v) is 7.74. The van der Waals surface area contributed by atoms with E-state index in [0.717, 1.165) is 23.3 Å². The normalized spacial score (nSPS) is 12.4. The topological polar surface area (TPSA) is 69.9 Å². The van der Waals surface area contributed by atoms with Crippen LogP contribution in [0, 0.1) is 0 Å². The summed E-state index contributed by atoms with van der Waals surface area (Å²) in [6.45, 7) is 4.80. The van der Waals surface area contributed by atoms with Crippen molar-refractivity contribution in [3.63, 3.8) is 0 Å². The van der Waals surface area contributed by atoms with Crippen molar-refractivity contribution in [1.29, 1.82) is 0 Å². The lowest BCUT2D eigenvalue weighted by atomic mass is 10.2. The minimum atomic E-state index is -0.0605. The molecule has 7 heteroatoms. The lowest BCUT2D eigenvalue weighted by molar-refractivity contribution is -0.127. The third kappa shape index (κ3) is 5.40. The summed E-state index contributed by atoms with van der Waals surface area (Å²) < 4.78 is 5.85. The predicted octanol–water partition coefficient (Wildman–Crippen LogP) is 2.76. The summed E-state index contributed by atoms with van der Waals surface area (Å²) in [5, 5.41) is 7.47. The van der Waals surface area contributed by atoms with Crippen molar-refractivity contribution in [1.82, 2.24) is 15.5 Å². The van der Waals surface area contributed by atoms with E-state index < -0.39 is 0 Å². The van der Waals surface area contributed by atoms with Gasteiger partial charge in [0, 0.05) is 26.0 Å². The predicted molar refractivity (Wildman–Crippen MR) is 108 cm³/mol. The number of guanidine groups is 1. The van der Waals surface area contributed by atoms with Crippen LogP contribution in [-0.4, -0.2) is 44.0 Å². The van der Waals surface area contributed by atoms with Gasteiger partial charge in [-0.25, -0.2) is 4.99 Å². The van der Waals surface area contributed by atoms with Crippen molar-refractivity contribution in [2.75, 3.05) is 27.2 Å². The fourth-order valence-electron chi connectivity index (χ4n) is 2.10. The number of aliphatic imine (C=N–C) groups is 1. The van der Waals surface area contributed by atoms with Crippen LogP contribution in [-0.2, 0) is 4.79 Å².